The zero-order valence-corrected chi connectivity index (χ0v) is 19.8. The lowest BCUT2D eigenvalue weighted by Crippen LogP contribution is -2.17. The van der Waals surface area contributed by atoms with E-state index in [9.17, 15) is 8.42 Å². The summed E-state index contributed by atoms with van der Waals surface area (Å²) in [5.41, 5.74) is 9.20. The maximum atomic E-state index is 13.4. The molecule has 10 nitrogen and oxygen atoms in total. The summed E-state index contributed by atoms with van der Waals surface area (Å²) in [5.74, 6) is 0.723. The highest BCUT2D eigenvalue weighted by Gasteiger charge is 2.22. The molecule has 4 rings (SSSR count). The molecule has 0 bridgehead atoms. The number of ether oxygens (including phenoxy) is 1. The maximum absolute atomic E-state index is 13.4. The summed E-state index contributed by atoms with van der Waals surface area (Å²) in [7, 11) is -0.909. The molecule has 0 radical (unpaired) electrons. The van der Waals surface area contributed by atoms with Crippen LogP contribution in [0.3, 0.4) is 0 Å². The van der Waals surface area contributed by atoms with E-state index in [1.165, 1.54) is 29.2 Å². The van der Waals surface area contributed by atoms with Crippen LogP contribution in [0.5, 0.6) is 5.75 Å². The molecule has 0 aliphatic rings. The summed E-state index contributed by atoms with van der Waals surface area (Å²) in [4.78, 5) is 12.4. The van der Waals surface area contributed by atoms with E-state index in [0.29, 0.717) is 16.8 Å². The van der Waals surface area contributed by atoms with Crippen molar-refractivity contribution in [3.8, 4) is 16.9 Å². The second kappa shape index (κ2) is 9.77. The van der Waals surface area contributed by atoms with Gasteiger partial charge in [-0.1, -0.05) is 12.1 Å². The summed E-state index contributed by atoms with van der Waals surface area (Å²) >= 11 is 0. The van der Waals surface area contributed by atoms with Crippen LogP contribution in [0, 0.1) is 5.41 Å². The first kappa shape index (κ1) is 23.6. The van der Waals surface area contributed by atoms with Gasteiger partial charge in [0.1, 0.15) is 17.1 Å². The lowest BCUT2D eigenvalue weighted by Gasteiger charge is -2.12. The number of pyridine rings is 2. The molecule has 0 fully saturated rings. The third-order valence-electron chi connectivity index (χ3n) is 5.25. The number of aromatic nitrogens is 3. The highest BCUT2D eigenvalue weighted by molar-refractivity contribution is 7.92. The van der Waals surface area contributed by atoms with Gasteiger partial charge in [0.05, 0.1) is 19.0 Å². The lowest BCUT2D eigenvalue weighted by atomic mass is 10.1. The van der Waals surface area contributed by atoms with E-state index in [0.717, 1.165) is 23.1 Å². The highest BCUT2D eigenvalue weighted by atomic mass is 32.2. The molecule has 0 aliphatic heterocycles. The standard InChI is InChI=1S/C24H23N7O3S/c1-27-12-19(10-25)18-9-21(22(11-26)28-13-18)30-35(32,33)24-14-29-23-8-5-17(15-31(23)24)16-3-6-20(34-2)7-4-16/h3-15,26,30H,25H2,1-2H3. The van der Waals surface area contributed by atoms with Crippen molar-refractivity contribution in [3.05, 3.63) is 78.5 Å². The van der Waals surface area contributed by atoms with Crippen LogP contribution in [-0.2, 0) is 10.0 Å². The largest absolute Gasteiger partial charge is 0.497 e. The van der Waals surface area contributed by atoms with Crippen molar-refractivity contribution in [3.63, 3.8) is 0 Å². The Balaban J connectivity index is 1.75. The number of hydrogen-bond donors (Lipinski definition) is 3. The number of benzene rings is 1. The minimum absolute atomic E-state index is 0.0612. The van der Waals surface area contributed by atoms with E-state index >= 15 is 0 Å². The number of nitrogens with two attached hydrogens (primary N) is 1. The molecule has 3 aromatic heterocycles. The molecular weight excluding hydrogens is 466 g/mol. The number of imidazole rings is 1. The quantitative estimate of drug-likeness (QED) is 0.324. The van der Waals surface area contributed by atoms with Crippen LogP contribution in [0.1, 0.15) is 11.3 Å². The fraction of sp³-hybridized carbons (Fsp3) is 0.0833. The number of rotatable bonds is 8. The summed E-state index contributed by atoms with van der Waals surface area (Å²) < 4.78 is 36.0. The predicted molar refractivity (Wildman–Crippen MR) is 137 cm³/mol. The molecule has 0 amide bonds. The summed E-state index contributed by atoms with van der Waals surface area (Å²) in [5, 5.41) is 7.58. The zero-order chi connectivity index (χ0) is 25.0. The predicted octanol–water partition coefficient (Wildman–Crippen LogP) is 3.20. The Hall–Kier alpha value is -4.51. The molecule has 11 heteroatoms. The van der Waals surface area contributed by atoms with Crippen molar-refractivity contribution in [2.45, 2.75) is 5.03 Å². The molecule has 0 aliphatic carbocycles. The van der Waals surface area contributed by atoms with E-state index in [1.54, 1.807) is 32.5 Å². The average Bonchev–Trinajstić information content (AvgIpc) is 3.31. The molecule has 0 spiro atoms. The van der Waals surface area contributed by atoms with Crippen molar-refractivity contribution < 1.29 is 13.2 Å². The Morgan fingerprint density at radius 1 is 1.14 bits per heavy atom. The average molecular weight is 490 g/mol. The Labute approximate surface area is 202 Å². The third-order valence-corrected chi connectivity index (χ3v) is 6.59. The molecule has 0 atom stereocenters. The van der Waals surface area contributed by atoms with Gasteiger partial charge < -0.3 is 15.9 Å². The van der Waals surface area contributed by atoms with Crippen molar-refractivity contribution in [1.29, 1.82) is 5.41 Å². The molecule has 35 heavy (non-hydrogen) atoms. The topological polar surface area (TPSA) is 148 Å². The number of hydrogen-bond acceptors (Lipinski definition) is 8. The summed E-state index contributed by atoms with van der Waals surface area (Å²) in [6, 6.07) is 12.6. The minimum atomic E-state index is -4.10. The fourth-order valence-corrected chi connectivity index (χ4v) is 4.65. The lowest BCUT2D eigenvalue weighted by molar-refractivity contribution is 0.415. The Morgan fingerprint density at radius 3 is 2.54 bits per heavy atom. The van der Waals surface area contributed by atoms with Gasteiger partial charge >= 0.3 is 0 Å². The highest BCUT2D eigenvalue weighted by Crippen LogP contribution is 2.26. The number of nitrogens with zero attached hydrogens (tertiary/aromatic N) is 4. The van der Waals surface area contributed by atoms with Gasteiger partial charge in [-0.05, 0) is 41.5 Å². The third kappa shape index (κ3) is 4.75. The Morgan fingerprint density at radius 2 is 1.89 bits per heavy atom. The van der Waals surface area contributed by atoms with Gasteiger partial charge in [-0.2, -0.15) is 8.42 Å². The molecule has 0 saturated heterocycles. The molecule has 178 valence electrons. The summed E-state index contributed by atoms with van der Waals surface area (Å²) in [6.45, 7) is 0. The van der Waals surface area contributed by atoms with Gasteiger partial charge in [0.2, 0.25) is 0 Å². The molecule has 4 N–H and O–H groups in total. The van der Waals surface area contributed by atoms with Crippen molar-refractivity contribution in [2.75, 3.05) is 18.9 Å². The number of anilines is 1. The van der Waals surface area contributed by atoms with Crippen LogP contribution in [0.4, 0.5) is 5.69 Å². The van der Waals surface area contributed by atoms with Gasteiger partial charge in [-0.25, -0.2) is 4.98 Å². The van der Waals surface area contributed by atoms with Gasteiger partial charge in [0.15, 0.2) is 5.03 Å². The first-order valence-electron chi connectivity index (χ1n) is 10.4. The molecular formula is C24H23N7O3S. The van der Waals surface area contributed by atoms with E-state index < -0.39 is 10.0 Å². The van der Waals surface area contributed by atoms with E-state index in [-0.39, 0.29) is 16.4 Å². The second-order valence-corrected chi connectivity index (χ2v) is 9.02. The second-order valence-electron chi connectivity index (χ2n) is 7.39. The zero-order valence-electron chi connectivity index (χ0n) is 19.0. The van der Waals surface area contributed by atoms with Crippen LogP contribution in [0.25, 0.3) is 22.3 Å². The Kier molecular flexibility index (Phi) is 6.60. The van der Waals surface area contributed by atoms with Crippen LogP contribution >= 0.6 is 0 Å². The van der Waals surface area contributed by atoms with Crippen LogP contribution in [-0.4, -0.2) is 49.4 Å². The number of sulfonamides is 1. The van der Waals surface area contributed by atoms with Crippen molar-refractivity contribution in [2.24, 2.45) is 10.7 Å². The molecule has 3 heterocycles. The molecule has 0 saturated carbocycles. The van der Waals surface area contributed by atoms with Crippen LogP contribution in [0.15, 0.2) is 77.3 Å². The number of fused-ring (bicyclic) bond motifs is 1. The number of methoxy groups -OCH3 is 1. The number of allylic oxidation sites excluding steroid dienone is 1. The van der Waals surface area contributed by atoms with Gasteiger partial charge in [0.25, 0.3) is 10.0 Å². The van der Waals surface area contributed by atoms with Crippen molar-refractivity contribution in [1.82, 2.24) is 14.4 Å². The van der Waals surface area contributed by atoms with Crippen LogP contribution in [0.2, 0.25) is 0 Å². The van der Waals surface area contributed by atoms with Gasteiger partial charge in [-0.3, -0.25) is 19.1 Å². The fourth-order valence-electron chi connectivity index (χ4n) is 3.49. The normalized spacial score (nSPS) is 12.2. The first-order chi connectivity index (χ1) is 16.9. The number of nitrogens with one attached hydrogen (secondary N) is 2. The van der Waals surface area contributed by atoms with Crippen LogP contribution < -0.4 is 15.2 Å². The van der Waals surface area contributed by atoms with E-state index in [1.807, 2.05) is 30.3 Å². The van der Waals surface area contributed by atoms with E-state index in [2.05, 4.69) is 19.7 Å². The Bertz CT molecular complexity index is 1560. The molecule has 0 unspecified atom stereocenters. The minimum Gasteiger partial charge on any atom is -0.497 e. The SMILES string of the molecule is CN=CC(=CN)c1cnc(C=N)c(NS(=O)(=O)c2cnc3ccc(-c4ccc(OC)cc4)cn23)c1. The first-order valence-corrected chi connectivity index (χ1v) is 11.9. The maximum Gasteiger partial charge on any atom is 0.279 e. The summed E-state index contributed by atoms with van der Waals surface area (Å²) in [6.07, 6.45) is 8.33. The smallest absolute Gasteiger partial charge is 0.279 e. The van der Waals surface area contributed by atoms with Crippen molar-refractivity contribution >= 4 is 39.4 Å². The van der Waals surface area contributed by atoms with Gasteiger partial charge in [-0.15, -0.1) is 0 Å². The number of aliphatic imine (C=N–C) groups is 1. The monoisotopic (exact) mass is 489 g/mol. The van der Waals surface area contributed by atoms with Gasteiger partial charge in [0, 0.05) is 49.2 Å². The molecule has 4 aromatic rings. The van der Waals surface area contributed by atoms with E-state index in [4.69, 9.17) is 15.9 Å². The molecule has 1 aromatic carbocycles.